The number of aromatic nitrogens is 1. The van der Waals surface area contributed by atoms with Crippen LogP contribution in [-0.4, -0.2) is 74.9 Å². The highest BCUT2D eigenvalue weighted by molar-refractivity contribution is 5.78. The minimum atomic E-state index is -1.13. The van der Waals surface area contributed by atoms with Gasteiger partial charge in [0.25, 0.3) is 0 Å². The van der Waals surface area contributed by atoms with E-state index in [0.717, 1.165) is 16.7 Å². The van der Waals surface area contributed by atoms with Crippen LogP contribution in [0.2, 0.25) is 0 Å². The molecule has 0 spiro atoms. The summed E-state index contributed by atoms with van der Waals surface area (Å²) < 4.78 is 29.7. The standard InChI is InChI=1S/C36H40F2N4O3/c1-8-31-29(35-23(4)10-9-11-24(35)5)16-27(18-39-31)32(17-34(43)44)40(7)36(45)33(14-22(2)3)42-19-26(15-30(38)25(42)6)12-13-41-20-28(37)21-41/h1,9-11,15-16,18-19,22,28,32-33H,6-7,12-14,17,20-21H2,2-5H3/p+1/t32-,33-/m1/s1. The Bertz CT molecular complexity index is 1590. The van der Waals surface area contributed by atoms with Crippen molar-refractivity contribution in [3.63, 3.8) is 0 Å². The molecule has 1 amide bonds. The van der Waals surface area contributed by atoms with Crippen molar-refractivity contribution in [3.8, 4) is 23.5 Å². The third kappa shape index (κ3) is 7.63. The Balaban J connectivity index is 1.71. The van der Waals surface area contributed by atoms with E-state index in [-0.39, 0.29) is 11.6 Å². The summed E-state index contributed by atoms with van der Waals surface area (Å²) in [5.41, 5.74) is 5.03. The van der Waals surface area contributed by atoms with Crippen LogP contribution in [0.1, 0.15) is 61.5 Å². The summed E-state index contributed by atoms with van der Waals surface area (Å²) in [7, 11) is 0. The number of likely N-dealkylation sites (tertiary alicyclic amines) is 1. The van der Waals surface area contributed by atoms with E-state index in [9.17, 15) is 19.1 Å². The largest absolute Gasteiger partial charge is 0.481 e. The Morgan fingerprint density at radius 1 is 1.24 bits per heavy atom. The minimum absolute atomic E-state index is 0.0266. The van der Waals surface area contributed by atoms with Crippen LogP contribution < -0.4 is 0 Å². The Kier molecular flexibility index (Phi) is 10.5. The van der Waals surface area contributed by atoms with Gasteiger partial charge in [0.2, 0.25) is 0 Å². The number of carboxylic acid groups (broad SMARTS) is 1. The highest BCUT2D eigenvalue weighted by Crippen LogP contribution is 2.34. The topological polar surface area (TPSA) is 76.7 Å². The zero-order valence-electron chi connectivity index (χ0n) is 26.4. The van der Waals surface area contributed by atoms with Crippen LogP contribution in [0.5, 0.6) is 0 Å². The molecular formula is C36H41F2N4O3+. The molecule has 0 unspecified atom stereocenters. The molecule has 1 aromatic heterocycles. The van der Waals surface area contributed by atoms with E-state index in [1.165, 1.54) is 21.7 Å². The maximum atomic E-state index is 15.2. The zero-order valence-corrected chi connectivity index (χ0v) is 26.4. The molecule has 1 fully saturated rings. The number of hydrogen-bond acceptors (Lipinski definition) is 5. The van der Waals surface area contributed by atoms with Gasteiger partial charge in [-0.25, -0.2) is 18.6 Å². The van der Waals surface area contributed by atoms with Gasteiger partial charge in [0.15, 0.2) is 12.1 Å². The number of benzene rings is 1. The third-order valence-electron chi connectivity index (χ3n) is 8.36. The number of halogens is 2. The molecule has 7 nitrogen and oxygen atoms in total. The lowest BCUT2D eigenvalue weighted by Gasteiger charge is -2.35. The smallest absolute Gasteiger partial charge is 0.409 e. The fraction of sp³-hybridized carbons (Fsp3) is 0.389. The van der Waals surface area contributed by atoms with Gasteiger partial charge in [-0.3, -0.25) is 9.69 Å². The molecule has 0 radical (unpaired) electrons. The summed E-state index contributed by atoms with van der Waals surface area (Å²) in [5.74, 6) is 0.469. The predicted molar refractivity (Wildman–Crippen MR) is 172 cm³/mol. The van der Waals surface area contributed by atoms with Crippen LogP contribution in [-0.2, 0) is 9.59 Å². The lowest BCUT2D eigenvalue weighted by molar-refractivity contribution is -0.489. The number of carbonyl (C=O) groups is 2. The number of nitrogens with zero attached hydrogens (tertiary/aromatic N) is 4. The number of alkyl halides is 1. The van der Waals surface area contributed by atoms with Crippen LogP contribution in [0, 0.1) is 32.1 Å². The minimum Gasteiger partial charge on any atom is -0.481 e. The monoisotopic (exact) mass is 615 g/mol. The van der Waals surface area contributed by atoms with E-state index >= 15 is 4.39 Å². The first-order valence-corrected chi connectivity index (χ1v) is 15.1. The Morgan fingerprint density at radius 2 is 1.91 bits per heavy atom. The normalized spacial score (nSPS) is 16.8. The Labute approximate surface area is 264 Å². The summed E-state index contributed by atoms with van der Waals surface area (Å²) in [5, 5.41) is 9.90. The molecular weight excluding hydrogens is 574 g/mol. The number of amides is 1. The first kappa shape index (κ1) is 33.5. The fourth-order valence-electron chi connectivity index (χ4n) is 5.96. The number of hydrogen-bond donors (Lipinski definition) is 1. The average Bonchev–Trinajstić information content (AvgIpc) is 2.97. The van der Waals surface area contributed by atoms with E-state index in [4.69, 9.17) is 6.42 Å². The van der Waals surface area contributed by atoms with Crippen molar-refractivity contribution in [1.82, 2.24) is 14.8 Å². The second kappa shape index (κ2) is 14.1. The lowest BCUT2D eigenvalue weighted by Crippen LogP contribution is -2.48. The lowest BCUT2D eigenvalue weighted by atomic mass is 9.92. The van der Waals surface area contributed by atoms with Crippen molar-refractivity contribution < 1.29 is 28.1 Å². The molecule has 2 aromatic rings. The number of carbonyl (C=O) groups excluding carboxylic acids is 1. The predicted octanol–water partition coefficient (Wildman–Crippen LogP) is 6.13. The fourth-order valence-corrected chi connectivity index (χ4v) is 5.96. The highest BCUT2D eigenvalue weighted by Gasteiger charge is 2.41. The van der Waals surface area contributed by atoms with Gasteiger partial charge in [-0.05, 0) is 72.9 Å². The van der Waals surface area contributed by atoms with E-state index in [0.29, 0.717) is 54.9 Å². The van der Waals surface area contributed by atoms with E-state index in [2.05, 4.69) is 24.2 Å². The van der Waals surface area contributed by atoms with Crippen molar-refractivity contribution in [1.29, 1.82) is 0 Å². The SMILES string of the molecule is C#Cc1ncc([C@@H](CC(=O)O)[N+](=C)C(=O)[C@@H](CC(C)C)N2C=C(CCN3CC(F)C3)C=C(F)C2=C)cc1-c1c(C)cccc1C. The van der Waals surface area contributed by atoms with Crippen molar-refractivity contribution in [2.45, 2.75) is 65.2 Å². The highest BCUT2D eigenvalue weighted by atomic mass is 19.1. The summed E-state index contributed by atoms with van der Waals surface area (Å²) >= 11 is 0. The molecule has 2 atom stereocenters. The van der Waals surface area contributed by atoms with Crippen molar-refractivity contribution in [3.05, 3.63) is 88.8 Å². The number of pyridine rings is 1. The number of rotatable bonds is 12. The van der Waals surface area contributed by atoms with Crippen LogP contribution in [0.4, 0.5) is 8.78 Å². The van der Waals surface area contributed by atoms with Gasteiger partial charge < -0.3 is 10.0 Å². The summed E-state index contributed by atoms with van der Waals surface area (Å²) in [4.78, 5) is 34.4. The number of terminal acetylenes is 1. The molecule has 3 heterocycles. The van der Waals surface area contributed by atoms with E-state index < -0.39 is 42.4 Å². The van der Waals surface area contributed by atoms with Gasteiger partial charge in [0.05, 0.1) is 5.70 Å². The number of aliphatic carboxylic acids is 1. The van der Waals surface area contributed by atoms with E-state index in [1.54, 1.807) is 12.3 Å². The maximum absolute atomic E-state index is 15.2. The second-order valence-corrected chi connectivity index (χ2v) is 12.3. The van der Waals surface area contributed by atoms with Crippen molar-refractivity contribution in [2.75, 3.05) is 19.6 Å². The quantitative estimate of drug-likeness (QED) is 0.176. The third-order valence-corrected chi connectivity index (χ3v) is 8.36. The zero-order chi connectivity index (χ0) is 33.0. The average molecular weight is 616 g/mol. The first-order chi connectivity index (χ1) is 21.3. The summed E-state index contributed by atoms with van der Waals surface area (Å²) in [6, 6.07) is 5.74. The van der Waals surface area contributed by atoms with Gasteiger partial charge in [-0.1, -0.05) is 38.6 Å². The van der Waals surface area contributed by atoms with Crippen LogP contribution >= 0.6 is 0 Å². The first-order valence-electron chi connectivity index (χ1n) is 15.1. The van der Waals surface area contributed by atoms with Crippen molar-refractivity contribution >= 4 is 18.6 Å². The van der Waals surface area contributed by atoms with Gasteiger partial charge in [-0.15, -0.1) is 6.42 Å². The van der Waals surface area contributed by atoms with Crippen LogP contribution in [0.15, 0.2) is 66.4 Å². The molecule has 1 aromatic carbocycles. The van der Waals surface area contributed by atoms with Gasteiger partial charge in [0.1, 0.15) is 30.8 Å². The molecule has 1 N–H and O–H groups in total. The van der Waals surface area contributed by atoms with Gasteiger partial charge >= 0.3 is 11.9 Å². The van der Waals surface area contributed by atoms with Crippen LogP contribution in [0.25, 0.3) is 11.1 Å². The van der Waals surface area contributed by atoms with E-state index in [1.807, 2.05) is 50.8 Å². The molecule has 1 saturated heterocycles. The molecule has 9 heteroatoms. The Morgan fingerprint density at radius 3 is 2.49 bits per heavy atom. The van der Waals surface area contributed by atoms with Crippen molar-refractivity contribution in [2.24, 2.45) is 5.92 Å². The van der Waals surface area contributed by atoms with Gasteiger partial charge in [0, 0.05) is 43.2 Å². The second-order valence-electron chi connectivity index (χ2n) is 12.3. The number of allylic oxidation sites excluding steroid dienone is 2. The molecule has 0 saturated carbocycles. The molecule has 0 bridgehead atoms. The van der Waals surface area contributed by atoms with Crippen LogP contribution in [0.3, 0.4) is 0 Å². The molecule has 4 rings (SSSR count). The number of carboxylic acids is 1. The maximum Gasteiger partial charge on any atom is 0.409 e. The summed E-state index contributed by atoms with van der Waals surface area (Å²) in [6.07, 6.45) is 9.93. The molecule has 236 valence electrons. The molecule has 0 aliphatic carbocycles. The molecule has 2 aliphatic rings. The molecule has 2 aliphatic heterocycles. The van der Waals surface area contributed by atoms with Gasteiger partial charge in [-0.2, -0.15) is 4.58 Å². The number of aryl methyl sites for hydroxylation is 2. The summed E-state index contributed by atoms with van der Waals surface area (Å²) in [6.45, 7) is 17.0. The molecule has 45 heavy (non-hydrogen) atoms. The Hall–Kier alpha value is -4.42.